The van der Waals surface area contributed by atoms with Crippen LogP contribution in [0.4, 0.5) is 11.4 Å². The number of rotatable bonds is 5. The molecule has 0 atom stereocenters. The Hall–Kier alpha value is -2.04. The standard InChI is InChI=1S/C19H24N2O2/c1-20(18-7-9-19(22-2)10-8-18)17-5-3-16(4-6-17)15-21-11-13-23-14-12-21/h3-10H,11-15H2,1-2H3. The second-order valence-electron chi connectivity index (χ2n) is 5.81. The Bertz CT molecular complexity index is 604. The molecule has 1 fully saturated rings. The fourth-order valence-corrected chi connectivity index (χ4v) is 2.80. The summed E-state index contributed by atoms with van der Waals surface area (Å²) >= 11 is 0. The number of nitrogens with zero attached hydrogens (tertiary/aromatic N) is 2. The highest BCUT2D eigenvalue weighted by atomic mass is 16.5. The number of anilines is 2. The minimum atomic E-state index is 0.846. The predicted octanol–water partition coefficient (Wildman–Crippen LogP) is 3.30. The van der Waals surface area contributed by atoms with E-state index in [9.17, 15) is 0 Å². The second kappa shape index (κ2) is 7.49. The van der Waals surface area contributed by atoms with Crippen LogP contribution < -0.4 is 9.64 Å². The number of benzene rings is 2. The molecule has 0 amide bonds. The van der Waals surface area contributed by atoms with Crippen molar-refractivity contribution in [3.63, 3.8) is 0 Å². The Kier molecular flexibility index (Phi) is 5.16. The first-order valence-electron chi connectivity index (χ1n) is 8.03. The number of morpholine rings is 1. The molecule has 0 unspecified atom stereocenters. The van der Waals surface area contributed by atoms with Gasteiger partial charge in [0.05, 0.1) is 20.3 Å². The number of hydrogen-bond donors (Lipinski definition) is 0. The molecule has 23 heavy (non-hydrogen) atoms. The molecule has 1 saturated heterocycles. The van der Waals surface area contributed by atoms with Crippen LogP contribution in [0.1, 0.15) is 5.56 Å². The van der Waals surface area contributed by atoms with Gasteiger partial charge >= 0.3 is 0 Å². The molecule has 1 heterocycles. The van der Waals surface area contributed by atoms with Gasteiger partial charge in [0, 0.05) is 38.1 Å². The summed E-state index contributed by atoms with van der Waals surface area (Å²) in [7, 11) is 3.77. The van der Waals surface area contributed by atoms with Gasteiger partial charge in [-0.25, -0.2) is 0 Å². The van der Waals surface area contributed by atoms with Crippen LogP contribution in [0.5, 0.6) is 5.75 Å². The van der Waals surface area contributed by atoms with Gasteiger partial charge in [0.2, 0.25) is 0 Å². The summed E-state index contributed by atoms with van der Waals surface area (Å²) in [6.07, 6.45) is 0. The molecule has 4 nitrogen and oxygen atoms in total. The van der Waals surface area contributed by atoms with E-state index in [-0.39, 0.29) is 0 Å². The number of ether oxygens (including phenoxy) is 2. The van der Waals surface area contributed by atoms with E-state index in [1.807, 2.05) is 12.1 Å². The molecule has 0 N–H and O–H groups in total. The molecule has 1 aliphatic rings. The van der Waals surface area contributed by atoms with Crippen LogP contribution in [-0.2, 0) is 11.3 Å². The van der Waals surface area contributed by atoms with Crippen molar-refractivity contribution in [1.29, 1.82) is 0 Å². The molecule has 0 spiro atoms. The SMILES string of the molecule is COc1ccc(N(C)c2ccc(CN3CCOCC3)cc2)cc1. The van der Waals surface area contributed by atoms with Gasteiger partial charge in [-0.3, -0.25) is 4.90 Å². The molecule has 0 aliphatic carbocycles. The predicted molar refractivity (Wildman–Crippen MR) is 93.6 cm³/mol. The zero-order chi connectivity index (χ0) is 16.1. The van der Waals surface area contributed by atoms with E-state index in [2.05, 4.69) is 53.2 Å². The van der Waals surface area contributed by atoms with Crippen LogP contribution in [0.3, 0.4) is 0 Å². The van der Waals surface area contributed by atoms with Crippen molar-refractivity contribution in [2.45, 2.75) is 6.54 Å². The van der Waals surface area contributed by atoms with E-state index in [0.29, 0.717) is 0 Å². The Morgan fingerprint density at radius 3 is 2.09 bits per heavy atom. The molecule has 0 saturated carbocycles. The van der Waals surface area contributed by atoms with Crippen molar-refractivity contribution in [3.8, 4) is 5.75 Å². The van der Waals surface area contributed by atoms with E-state index in [1.165, 1.54) is 11.3 Å². The van der Waals surface area contributed by atoms with Gasteiger partial charge in [-0.15, -0.1) is 0 Å². The maximum absolute atomic E-state index is 5.40. The van der Waals surface area contributed by atoms with Crippen molar-refractivity contribution in [1.82, 2.24) is 4.90 Å². The Morgan fingerprint density at radius 2 is 1.52 bits per heavy atom. The van der Waals surface area contributed by atoms with Gasteiger partial charge in [0.1, 0.15) is 5.75 Å². The monoisotopic (exact) mass is 312 g/mol. The molecule has 2 aromatic carbocycles. The zero-order valence-electron chi connectivity index (χ0n) is 13.9. The molecule has 1 aliphatic heterocycles. The maximum atomic E-state index is 5.40. The van der Waals surface area contributed by atoms with Crippen LogP contribution >= 0.6 is 0 Å². The molecule has 0 bridgehead atoms. The minimum absolute atomic E-state index is 0.846. The first kappa shape index (κ1) is 15.8. The first-order valence-corrected chi connectivity index (χ1v) is 8.03. The van der Waals surface area contributed by atoms with Crippen molar-refractivity contribution in [2.75, 3.05) is 45.4 Å². The summed E-state index contributed by atoms with van der Waals surface area (Å²) in [4.78, 5) is 4.61. The van der Waals surface area contributed by atoms with Crippen LogP contribution in [-0.4, -0.2) is 45.4 Å². The summed E-state index contributed by atoms with van der Waals surface area (Å²) in [6.45, 7) is 4.73. The van der Waals surface area contributed by atoms with Crippen LogP contribution in [0, 0.1) is 0 Å². The molecule has 2 aromatic rings. The van der Waals surface area contributed by atoms with Gasteiger partial charge in [-0.05, 0) is 42.0 Å². The number of hydrogen-bond acceptors (Lipinski definition) is 4. The van der Waals surface area contributed by atoms with E-state index in [4.69, 9.17) is 9.47 Å². The normalized spacial score (nSPS) is 15.4. The first-order chi connectivity index (χ1) is 11.3. The molecule has 122 valence electrons. The summed E-state index contributed by atoms with van der Waals surface area (Å²) < 4.78 is 10.6. The summed E-state index contributed by atoms with van der Waals surface area (Å²) in [6, 6.07) is 16.9. The summed E-state index contributed by atoms with van der Waals surface area (Å²) in [5, 5.41) is 0. The fourth-order valence-electron chi connectivity index (χ4n) is 2.80. The highest BCUT2D eigenvalue weighted by Crippen LogP contribution is 2.26. The largest absolute Gasteiger partial charge is 0.497 e. The lowest BCUT2D eigenvalue weighted by atomic mass is 10.1. The third-order valence-corrected chi connectivity index (χ3v) is 4.29. The van der Waals surface area contributed by atoms with Crippen molar-refractivity contribution >= 4 is 11.4 Å². The highest BCUT2D eigenvalue weighted by molar-refractivity contribution is 5.63. The lowest BCUT2D eigenvalue weighted by molar-refractivity contribution is 0.0342. The van der Waals surface area contributed by atoms with Crippen LogP contribution in [0.15, 0.2) is 48.5 Å². The van der Waals surface area contributed by atoms with Gasteiger partial charge < -0.3 is 14.4 Å². The van der Waals surface area contributed by atoms with Gasteiger partial charge in [0.15, 0.2) is 0 Å². The lowest BCUT2D eigenvalue weighted by Gasteiger charge is -2.27. The van der Waals surface area contributed by atoms with E-state index in [0.717, 1.165) is 44.3 Å². The summed E-state index contributed by atoms with van der Waals surface area (Å²) in [5.41, 5.74) is 3.67. The molecule has 0 aromatic heterocycles. The van der Waals surface area contributed by atoms with Gasteiger partial charge in [-0.2, -0.15) is 0 Å². The minimum Gasteiger partial charge on any atom is -0.497 e. The maximum Gasteiger partial charge on any atom is 0.119 e. The average Bonchev–Trinajstić information content (AvgIpc) is 2.63. The zero-order valence-corrected chi connectivity index (χ0v) is 13.9. The third-order valence-electron chi connectivity index (χ3n) is 4.29. The molecule has 4 heteroatoms. The number of methoxy groups -OCH3 is 1. The third kappa shape index (κ3) is 4.03. The fraction of sp³-hybridized carbons (Fsp3) is 0.368. The Labute approximate surface area is 138 Å². The van der Waals surface area contributed by atoms with Crippen LogP contribution in [0.25, 0.3) is 0 Å². The average molecular weight is 312 g/mol. The smallest absolute Gasteiger partial charge is 0.119 e. The molecular formula is C19H24N2O2. The molecule has 0 radical (unpaired) electrons. The molecular weight excluding hydrogens is 288 g/mol. The Balaban J connectivity index is 1.65. The van der Waals surface area contributed by atoms with E-state index >= 15 is 0 Å². The van der Waals surface area contributed by atoms with Crippen molar-refractivity contribution in [3.05, 3.63) is 54.1 Å². The quantitative estimate of drug-likeness (QED) is 0.846. The lowest BCUT2D eigenvalue weighted by Crippen LogP contribution is -2.35. The Morgan fingerprint density at radius 1 is 0.957 bits per heavy atom. The van der Waals surface area contributed by atoms with Crippen molar-refractivity contribution in [2.24, 2.45) is 0 Å². The van der Waals surface area contributed by atoms with E-state index < -0.39 is 0 Å². The highest BCUT2D eigenvalue weighted by Gasteiger charge is 2.11. The van der Waals surface area contributed by atoms with Crippen molar-refractivity contribution < 1.29 is 9.47 Å². The van der Waals surface area contributed by atoms with Gasteiger partial charge in [-0.1, -0.05) is 12.1 Å². The topological polar surface area (TPSA) is 24.9 Å². The molecule has 3 rings (SSSR count). The second-order valence-corrected chi connectivity index (χ2v) is 5.81. The summed E-state index contributed by atoms with van der Waals surface area (Å²) in [5.74, 6) is 0.878. The van der Waals surface area contributed by atoms with Gasteiger partial charge in [0.25, 0.3) is 0 Å². The van der Waals surface area contributed by atoms with E-state index in [1.54, 1.807) is 7.11 Å². The van der Waals surface area contributed by atoms with Crippen LogP contribution in [0.2, 0.25) is 0 Å².